The fourth-order valence-corrected chi connectivity index (χ4v) is 24.0. The summed E-state index contributed by atoms with van der Waals surface area (Å²) in [7, 11) is 10.8. The molecule has 8 aliphatic carbocycles. The largest absolute Gasteiger partial charge is 0.367 e. The lowest BCUT2D eigenvalue weighted by Gasteiger charge is -2.35. The number of hydrogen-bond acceptors (Lipinski definition) is 22. The van der Waals surface area contributed by atoms with Gasteiger partial charge in [-0.3, -0.25) is 9.88 Å². The quantitative estimate of drug-likeness (QED) is 0.0430. The van der Waals surface area contributed by atoms with E-state index in [9.17, 15) is 8.78 Å². The third kappa shape index (κ3) is 18.5. The van der Waals surface area contributed by atoms with E-state index >= 15 is 0 Å². The lowest BCUT2D eigenvalue weighted by molar-refractivity contribution is 0.174. The zero-order valence-electron chi connectivity index (χ0n) is 66.1. The van der Waals surface area contributed by atoms with Crippen molar-refractivity contribution in [2.45, 2.75) is 248 Å². The van der Waals surface area contributed by atoms with E-state index in [0.717, 1.165) is 126 Å². The molecule has 4 fully saturated rings. The number of aryl methyl sites for hydroxylation is 9. The van der Waals surface area contributed by atoms with Crippen LogP contribution in [-0.4, -0.2) is 168 Å². The molecule has 24 heteroatoms. The van der Waals surface area contributed by atoms with Crippen LogP contribution in [0, 0.1) is 5.82 Å². The maximum Gasteiger partial charge on any atom is 0.230 e. The van der Waals surface area contributed by atoms with Crippen molar-refractivity contribution >= 4 is 121 Å². The van der Waals surface area contributed by atoms with Gasteiger partial charge in [-0.2, -0.15) is 4.98 Å². The first-order chi connectivity index (χ1) is 54.9. The molecule has 4 saturated carbocycles. The summed E-state index contributed by atoms with van der Waals surface area (Å²) in [5.74, 6) is 4.63. The first-order valence-electron chi connectivity index (χ1n) is 41.8. The van der Waals surface area contributed by atoms with Gasteiger partial charge in [-0.25, -0.2) is 43.7 Å². The fourth-order valence-electron chi connectivity index (χ4n) is 19.0. The van der Waals surface area contributed by atoms with Crippen molar-refractivity contribution in [1.29, 1.82) is 0 Å². The molecule has 592 valence electrons. The average Bonchev–Trinajstić information content (AvgIpc) is 1.64. The van der Waals surface area contributed by atoms with Crippen LogP contribution in [0.5, 0.6) is 0 Å². The van der Waals surface area contributed by atoms with Crippen molar-refractivity contribution in [1.82, 2.24) is 64.5 Å². The minimum absolute atomic E-state index is 0.217. The molecule has 0 amide bonds. The maximum atomic E-state index is 13.9. The Morgan fingerprint density at radius 3 is 1.26 bits per heavy atom. The van der Waals surface area contributed by atoms with Crippen molar-refractivity contribution in [2.75, 3.05) is 81.6 Å². The van der Waals surface area contributed by atoms with E-state index in [1.54, 1.807) is 31.2 Å². The highest BCUT2D eigenvalue weighted by Crippen LogP contribution is 2.45. The van der Waals surface area contributed by atoms with Gasteiger partial charge in [-0.15, -0.1) is 45.3 Å². The Labute approximate surface area is 675 Å². The summed E-state index contributed by atoms with van der Waals surface area (Å²) in [5.41, 5.74) is 9.15. The van der Waals surface area contributed by atoms with Gasteiger partial charge >= 0.3 is 0 Å². The summed E-state index contributed by atoms with van der Waals surface area (Å²) in [4.78, 5) is 61.0. The van der Waals surface area contributed by atoms with Crippen LogP contribution in [0.1, 0.15) is 188 Å². The van der Waals surface area contributed by atoms with Crippen LogP contribution in [0.25, 0.3) is 40.9 Å². The highest BCUT2D eigenvalue weighted by molar-refractivity contribution is 7.20. The molecule has 2 aromatic carbocycles. The molecule has 0 radical (unpaired) electrons. The second-order valence-electron chi connectivity index (χ2n) is 32.9. The highest BCUT2D eigenvalue weighted by Gasteiger charge is 2.33. The third-order valence-electron chi connectivity index (χ3n) is 25.4. The number of rotatable bonds is 22. The molecule has 8 aliphatic rings. The van der Waals surface area contributed by atoms with Crippen LogP contribution >= 0.6 is 45.3 Å². The molecule has 9 aromatic heterocycles. The molecule has 5 N–H and O–H groups in total. The van der Waals surface area contributed by atoms with Crippen LogP contribution in [0.4, 0.5) is 43.7 Å². The number of anilines is 6. The van der Waals surface area contributed by atoms with Gasteiger partial charge in [-0.1, -0.05) is 48.5 Å². The van der Waals surface area contributed by atoms with E-state index in [4.69, 9.17) is 9.97 Å². The minimum atomic E-state index is -0.253. The van der Waals surface area contributed by atoms with E-state index in [-0.39, 0.29) is 12.5 Å². The molecular formula is C88H112F2N18S4. The van der Waals surface area contributed by atoms with Gasteiger partial charge < -0.3 is 41.3 Å². The number of aromatic nitrogens is 9. The van der Waals surface area contributed by atoms with Crippen molar-refractivity contribution in [3.05, 3.63) is 157 Å². The third-order valence-corrected chi connectivity index (χ3v) is 30.2. The Balaban J connectivity index is 0.000000113. The summed E-state index contributed by atoms with van der Waals surface area (Å²) in [6, 6.07) is 27.2. The van der Waals surface area contributed by atoms with Gasteiger partial charge in [0.05, 0.1) is 27.7 Å². The predicted octanol–water partition coefficient (Wildman–Crippen LogP) is 19.0. The highest BCUT2D eigenvalue weighted by atomic mass is 32.1. The molecule has 0 saturated heterocycles. The van der Waals surface area contributed by atoms with Gasteiger partial charge in [0.1, 0.15) is 74.1 Å². The van der Waals surface area contributed by atoms with Gasteiger partial charge in [0.2, 0.25) is 5.95 Å². The zero-order valence-corrected chi connectivity index (χ0v) is 69.4. The SMILES string of the molecule is CN(C)C1CCC(Nc2nc(Nc3ccccc3)nc3sc4c(c23)CCC4)CC1.CN(CCCc1ccccc1)C1CCC(Nc2ncnc3sc4c(c23)CCC4)CC1.CN(CCF)C1CCC(Nc2ncnc3sc4c(c23)CCC4)CC1.CN(Cc1ccncc1F)C1CCC(Nc2ncnc3sc4c(c23)CCC4)CC1. The molecule has 18 nitrogen and oxygen atoms in total. The van der Waals surface area contributed by atoms with Crippen LogP contribution in [0.15, 0.2) is 98.1 Å². The second-order valence-corrected chi connectivity index (χ2v) is 37.2. The summed E-state index contributed by atoms with van der Waals surface area (Å²) < 4.78 is 26.4. The Kier molecular flexibility index (Phi) is 25.8. The first-order valence-corrected chi connectivity index (χ1v) is 45.1. The van der Waals surface area contributed by atoms with Crippen molar-refractivity contribution < 1.29 is 8.78 Å². The minimum Gasteiger partial charge on any atom is -0.367 e. The summed E-state index contributed by atoms with van der Waals surface area (Å²) in [5, 5.41) is 23.6. The number of para-hydroxylation sites is 1. The Bertz CT molecular complexity index is 4900. The van der Waals surface area contributed by atoms with Gasteiger partial charge in [0.15, 0.2) is 0 Å². The topological polar surface area (TPSA) is 189 Å². The summed E-state index contributed by atoms with van der Waals surface area (Å²) in [6.45, 7) is 2.11. The van der Waals surface area contributed by atoms with Crippen LogP contribution in [-0.2, 0) is 64.3 Å². The maximum absolute atomic E-state index is 13.9. The number of nitrogens with one attached hydrogen (secondary N) is 5. The number of halogens is 2. The monoisotopic (exact) mass is 1590 g/mol. The standard InChI is InChI=1S/C25H32N4S.C23H29N5S.C22H26FN5S.C18H25FN4S/c1-29(16-6-9-18-7-3-2-4-8-18)20-14-12-19(13-15-20)28-24-23-21-10-5-11-22(21)30-25(23)27-17-26-24;1-28(2)17-13-11-16(12-14-17)24-21-20-18-9-6-10-19(18)29-22(20)27-23(26-21)25-15-7-4-3-5-8-15;1-28(12-14-9-10-24-11-18(14)23)16-7-5-15(6-8-16)27-21-20-17-3-2-4-19(17)29-22(20)26-13-25-21;1-23(10-9-19)13-7-5-12(6-8-13)22-17-16-14-3-2-4-15(14)24-18(16)21-11-20-17/h2-4,7-8,17,19-20H,5-6,9-16H2,1H3,(H,26,27,28);3-5,7-8,16-17H,6,9-14H2,1-2H3,(H2,24,25,26,27);9-11,13,15-16H,2-8,12H2,1H3,(H,25,26,27);11-13H,2-10H2,1H3,(H,20,21,22). The molecule has 0 atom stereocenters. The van der Waals surface area contributed by atoms with Crippen molar-refractivity contribution in [2.24, 2.45) is 0 Å². The molecule has 0 bridgehead atoms. The number of pyridine rings is 1. The van der Waals surface area contributed by atoms with E-state index in [1.807, 2.05) is 70.6 Å². The lowest BCUT2D eigenvalue weighted by atomic mass is 9.90. The van der Waals surface area contributed by atoms with E-state index in [0.29, 0.717) is 61.3 Å². The second kappa shape index (κ2) is 36.9. The molecule has 0 aliphatic heterocycles. The number of benzene rings is 2. The first kappa shape index (κ1) is 78.3. The zero-order chi connectivity index (χ0) is 76.4. The molecule has 19 rings (SSSR count). The van der Waals surface area contributed by atoms with E-state index < -0.39 is 0 Å². The van der Waals surface area contributed by atoms with E-state index in [1.165, 1.54) is 208 Å². The molecule has 11 aromatic rings. The van der Waals surface area contributed by atoms with Crippen LogP contribution < -0.4 is 26.6 Å². The number of fused-ring (bicyclic) bond motifs is 12. The van der Waals surface area contributed by atoms with Crippen LogP contribution in [0.2, 0.25) is 0 Å². The number of hydrogen-bond donors (Lipinski definition) is 5. The molecule has 9 heterocycles. The van der Waals surface area contributed by atoms with Gasteiger partial charge in [0.25, 0.3) is 0 Å². The van der Waals surface area contributed by atoms with Crippen molar-refractivity contribution in [3.63, 3.8) is 0 Å². The van der Waals surface area contributed by atoms with Crippen LogP contribution in [0.3, 0.4) is 0 Å². The number of alkyl halides is 1. The lowest BCUT2D eigenvalue weighted by Crippen LogP contribution is -2.39. The van der Waals surface area contributed by atoms with Crippen molar-refractivity contribution in [3.8, 4) is 0 Å². The Morgan fingerprint density at radius 2 is 0.821 bits per heavy atom. The average molecular weight is 1590 g/mol. The predicted molar refractivity (Wildman–Crippen MR) is 461 cm³/mol. The van der Waals surface area contributed by atoms with Gasteiger partial charge in [0, 0.05) is 98.4 Å². The normalized spacial score (nSPS) is 22.0. The Hall–Kier alpha value is -7.55. The number of nitrogens with zero attached hydrogens (tertiary/aromatic N) is 13. The molecule has 112 heavy (non-hydrogen) atoms. The smallest absolute Gasteiger partial charge is 0.230 e. The Morgan fingerprint density at radius 1 is 0.420 bits per heavy atom. The molecule has 0 unspecified atom stereocenters. The van der Waals surface area contributed by atoms with E-state index in [2.05, 4.69) is 152 Å². The molecule has 0 spiro atoms. The molecular weight excluding hydrogens is 1480 g/mol. The number of thiophene rings is 4. The summed E-state index contributed by atoms with van der Waals surface area (Å²) in [6.07, 6.45) is 43.8. The fraction of sp³-hybridized carbons (Fsp3) is 0.534. The van der Waals surface area contributed by atoms with Gasteiger partial charge in [-0.05, 0) is 280 Å². The summed E-state index contributed by atoms with van der Waals surface area (Å²) >= 11 is 7.40.